The molecule has 1 aromatic carbocycles. The molecule has 0 aliphatic heterocycles. The summed E-state index contributed by atoms with van der Waals surface area (Å²) in [5.41, 5.74) is 0.332. The number of halogens is 3. The van der Waals surface area contributed by atoms with Gasteiger partial charge in [0.2, 0.25) is 5.95 Å². The van der Waals surface area contributed by atoms with E-state index in [1.54, 1.807) is 0 Å². The van der Waals surface area contributed by atoms with E-state index in [0.717, 1.165) is 6.07 Å². The van der Waals surface area contributed by atoms with Crippen molar-refractivity contribution in [2.24, 2.45) is 0 Å². The molecule has 1 amide bonds. The van der Waals surface area contributed by atoms with Crippen LogP contribution in [0.4, 0.5) is 14.5 Å². The Labute approximate surface area is 110 Å². The third-order valence-corrected chi connectivity index (χ3v) is 2.78. The number of anilines is 1. The summed E-state index contributed by atoms with van der Waals surface area (Å²) >= 11 is 3.11. The number of rotatable bonds is 2. The molecule has 0 spiro atoms. The topological polar surface area (TPSA) is 42.0 Å². The third-order valence-electron chi connectivity index (χ3n) is 2.13. The number of benzene rings is 1. The van der Waals surface area contributed by atoms with Gasteiger partial charge in [-0.25, -0.2) is 9.37 Å². The summed E-state index contributed by atoms with van der Waals surface area (Å²) in [6, 6.07) is 7.74. The van der Waals surface area contributed by atoms with E-state index in [1.807, 2.05) is 0 Å². The summed E-state index contributed by atoms with van der Waals surface area (Å²) in [4.78, 5) is 15.2. The van der Waals surface area contributed by atoms with Crippen LogP contribution in [-0.4, -0.2) is 10.9 Å². The molecule has 0 unspecified atom stereocenters. The van der Waals surface area contributed by atoms with Crippen molar-refractivity contribution in [3.63, 3.8) is 0 Å². The Morgan fingerprint density at radius 2 is 2.00 bits per heavy atom. The van der Waals surface area contributed by atoms with Crippen LogP contribution in [-0.2, 0) is 0 Å². The van der Waals surface area contributed by atoms with Crippen LogP contribution in [0.3, 0.4) is 0 Å². The van der Waals surface area contributed by atoms with Crippen LogP contribution < -0.4 is 5.32 Å². The highest BCUT2D eigenvalue weighted by Crippen LogP contribution is 2.23. The summed E-state index contributed by atoms with van der Waals surface area (Å²) in [6.45, 7) is 0. The molecule has 0 atom stereocenters. The van der Waals surface area contributed by atoms with Crippen molar-refractivity contribution >= 4 is 27.5 Å². The summed E-state index contributed by atoms with van der Waals surface area (Å²) in [5, 5.41) is 2.50. The average Bonchev–Trinajstić information content (AvgIpc) is 2.32. The van der Waals surface area contributed by atoms with Crippen LogP contribution in [0.15, 0.2) is 40.9 Å². The van der Waals surface area contributed by atoms with E-state index < -0.39 is 17.7 Å². The lowest BCUT2D eigenvalue weighted by molar-refractivity contribution is 0.102. The van der Waals surface area contributed by atoms with Crippen molar-refractivity contribution < 1.29 is 13.6 Å². The number of nitrogens with one attached hydrogen (secondary N) is 1. The van der Waals surface area contributed by atoms with E-state index >= 15 is 0 Å². The van der Waals surface area contributed by atoms with Crippen molar-refractivity contribution in [2.45, 2.75) is 0 Å². The monoisotopic (exact) mass is 312 g/mol. The second kappa shape index (κ2) is 5.22. The number of pyridine rings is 1. The zero-order chi connectivity index (χ0) is 13.1. The fraction of sp³-hybridized carbons (Fsp3) is 0. The molecule has 92 valence electrons. The fourth-order valence-corrected chi connectivity index (χ4v) is 1.76. The second-order valence-electron chi connectivity index (χ2n) is 3.42. The molecule has 2 aromatic rings. The van der Waals surface area contributed by atoms with E-state index in [-0.39, 0.29) is 5.69 Å². The van der Waals surface area contributed by atoms with Gasteiger partial charge in [-0.15, -0.1) is 0 Å². The first-order valence-electron chi connectivity index (χ1n) is 4.95. The van der Waals surface area contributed by atoms with Crippen LogP contribution in [0.5, 0.6) is 0 Å². The van der Waals surface area contributed by atoms with Gasteiger partial charge in [-0.2, -0.15) is 4.39 Å². The van der Waals surface area contributed by atoms with Crippen LogP contribution in [0.2, 0.25) is 0 Å². The summed E-state index contributed by atoms with van der Waals surface area (Å²) in [7, 11) is 0. The Kier molecular flexibility index (Phi) is 3.66. The summed E-state index contributed by atoms with van der Waals surface area (Å²) in [6.07, 6.45) is 0. The van der Waals surface area contributed by atoms with E-state index in [1.165, 1.54) is 30.3 Å². The molecular formula is C12H7BrF2N2O. The average molecular weight is 313 g/mol. The summed E-state index contributed by atoms with van der Waals surface area (Å²) < 4.78 is 26.1. The van der Waals surface area contributed by atoms with E-state index in [9.17, 15) is 13.6 Å². The maximum absolute atomic E-state index is 12.9. The number of carbonyl (C=O) groups is 1. The number of hydrogen-bond donors (Lipinski definition) is 1. The Morgan fingerprint density at radius 1 is 1.22 bits per heavy atom. The molecule has 1 aromatic heterocycles. The van der Waals surface area contributed by atoms with Gasteiger partial charge in [0, 0.05) is 4.47 Å². The lowest BCUT2D eigenvalue weighted by Crippen LogP contribution is -2.14. The largest absolute Gasteiger partial charge is 0.320 e. The Morgan fingerprint density at radius 3 is 2.67 bits per heavy atom. The van der Waals surface area contributed by atoms with E-state index in [2.05, 4.69) is 26.2 Å². The molecule has 0 aliphatic rings. The zero-order valence-electron chi connectivity index (χ0n) is 8.95. The number of hydrogen-bond acceptors (Lipinski definition) is 2. The quantitative estimate of drug-likeness (QED) is 0.864. The molecule has 2 rings (SSSR count). The highest BCUT2D eigenvalue weighted by Gasteiger charge is 2.10. The first kappa shape index (κ1) is 12.6. The molecule has 3 nitrogen and oxygen atoms in total. The van der Waals surface area contributed by atoms with Gasteiger partial charge in [0.1, 0.15) is 11.5 Å². The van der Waals surface area contributed by atoms with Crippen LogP contribution >= 0.6 is 15.9 Å². The number of amides is 1. The molecule has 1 heterocycles. The van der Waals surface area contributed by atoms with Crippen LogP contribution in [0, 0.1) is 11.8 Å². The maximum atomic E-state index is 12.9. The Hall–Kier alpha value is -1.82. The lowest BCUT2D eigenvalue weighted by atomic mass is 10.3. The van der Waals surface area contributed by atoms with Crippen molar-refractivity contribution in [3.8, 4) is 0 Å². The molecular weight excluding hydrogens is 306 g/mol. The van der Waals surface area contributed by atoms with Crippen LogP contribution in [0.25, 0.3) is 0 Å². The molecule has 0 radical (unpaired) electrons. The minimum Gasteiger partial charge on any atom is -0.320 e. The standard InChI is InChI=1S/C12H7BrF2N2O/c13-8-6-7(14)4-5-9(8)17-12(18)10-2-1-3-11(15)16-10/h1-6H,(H,17,18). The molecule has 0 aliphatic carbocycles. The van der Waals surface area contributed by atoms with Gasteiger partial charge in [-0.3, -0.25) is 4.79 Å². The molecule has 0 saturated heterocycles. The third kappa shape index (κ3) is 2.89. The molecule has 0 fully saturated rings. The minimum atomic E-state index is -0.735. The number of carbonyl (C=O) groups excluding carboxylic acids is 1. The summed E-state index contributed by atoms with van der Waals surface area (Å²) in [5.74, 6) is -1.73. The van der Waals surface area contributed by atoms with Gasteiger partial charge in [0.05, 0.1) is 5.69 Å². The van der Waals surface area contributed by atoms with E-state index in [4.69, 9.17) is 0 Å². The van der Waals surface area contributed by atoms with Gasteiger partial charge >= 0.3 is 0 Å². The smallest absolute Gasteiger partial charge is 0.274 e. The molecule has 18 heavy (non-hydrogen) atoms. The van der Waals surface area contributed by atoms with Crippen molar-refractivity contribution in [1.82, 2.24) is 4.98 Å². The van der Waals surface area contributed by atoms with Crippen molar-refractivity contribution in [1.29, 1.82) is 0 Å². The van der Waals surface area contributed by atoms with Crippen molar-refractivity contribution in [3.05, 3.63) is 58.3 Å². The number of nitrogens with zero attached hydrogens (tertiary/aromatic N) is 1. The predicted octanol–water partition coefficient (Wildman–Crippen LogP) is 3.37. The molecule has 0 bridgehead atoms. The minimum absolute atomic E-state index is 0.0498. The van der Waals surface area contributed by atoms with Gasteiger partial charge < -0.3 is 5.32 Å². The number of aromatic nitrogens is 1. The molecule has 0 saturated carbocycles. The Bertz CT molecular complexity index is 604. The normalized spacial score (nSPS) is 10.2. The Balaban J connectivity index is 2.21. The molecule has 1 N–H and O–H groups in total. The zero-order valence-corrected chi connectivity index (χ0v) is 10.5. The van der Waals surface area contributed by atoms with E-state index in [0.29, 0.717) is 10.2 Å². The van der Waals surface area contributed by atoms with Gasteiger partial charge in [-0.1, -0.05) is 6.07 Å². The SMILES string of the molecule is O=C(Nc1ccc(F)cc1Br)c1cccc(F)n1. The first-order valence-corrected chi connectivity index (χ1v) is 5.74. The van der Waals surface area contributed by atoms with Gasteiger partial charge in [0.15, 0.2) is 0 Å². The van der Waals surface area contributed by atoms with Crippen molar-refractivity contribution in [2.75, 3.05) is 5.32 Å². The molecule has 6 heteroatoms. The van der Waals surface area contributed by atoms with Gasteiger partial charge in [0.25, 0.3) is 5.91 Å². The fourth-order valence-electron chi connectivity index (χ4n) is 1.31. The highest BCUT2D eigenvalue weighted by molar-refractivity contribution is 9.10. The maximum Gasteiger partial charge on any atom is 0.274 e. The van der Waals surface area contributed by atoms with Crippen LogP contribution in [0.1, 0.15) is 10.5 Å². The van der Waals surface area contributed by atoms with Gasteiger partial charge in [-0.05, 0) is 46.3 Å². The first-order chi connectivity index (χ1) is 8.56. The highest BCUT2D eigenvalue weighted by atomic mass is 79.9. The predicted molar refractivity (Wildman–Crippen MR) is 66.2 cm³/mol. The second-order valence-corrected chi connectivity index (χ2v) is 4.28. The lowest BCUT2D eigenvalue weighted by Gasteiger charge is -2.06.